The van der Waals surface area contributed by atoms with Gasteiger partial charge in [-0.05, 0) is 45.2 Å². The van der Waals surface area contributed by atoms with Gasteiger partial charge in [-0.3, -0.25) is 23.7 Å². The van der Waals surface area contributed by atoms with Gasteiger partial charge in [-0.2, -0.15) is 5.09 Å². The molecule has 0 fully saturated rings. The number of benzene rings is 1. The second kappa shape index (κ2) is 13.9. The van der Waals surface area contributed by atoms with Crippen molar-refractivity contribution in [3.05, 3.63) is 87.2 Å². The Morgan fingerprint density at radius 3 is 2.51 bits per heavy atom. The fourth-order valence-corrected chi connectivity index (χ4v) is 4.30. The molecule has 1 aromatic carbocycles. The number of aromatic nitrogens is 2. The molecule has 0 bridgehead atoms. The highest BCUT2D eigenvalue weighted by Gasteiger charge is 2.46. The van der Waals surface area contributed by atoms with E-state index in [1.807, 2.05) is 16.4 Å². The highest BCUT2D eigenvalue weighted by atomic mass is 31.2. The molecule has 0 aliphatic heterocycles. The Balaban J connectivity index is 2.39. The number of alkyl halides is 1. The van der Waals surface area contributed by atoms with Crippen LogP contribution in [-0.2, 0) is 30.1 Å². The van der Waals surface area contributed by atoms with Gasteiger partial charge in [0.05, 0.1) is 6.10 Å². The first-order valence-electron chi connectivity index (χ1n) is 11.4. The molecule has 0 aliphatic carbocycles. The van der Waals surface area contributed by atoms with Crippen LogP contribution in [0.5, 0.6) is 5.75 Å². The van der Waals surface area contributed by atoms with Crippen LogP contribution in [0.2, 0.25) is 0 Å². The maximum Gasteiger partial charge on any atom is 0.459 e. The van der Waals surface area contributed by atoms with Crippen molar-refractivity contribution in [1.29, 1.82) is 0 Å². The largest absolute Gasteiger partial charge is 0.502 e. The predicted octanol–water partition coefficient (Wildman–Crippen LogP) is 2.05. The number of ether oxygens (including phenoxy) is 2. The van der Waals surface area contributed by atoms with E-state index in [1.54, 1.807) is 32.0 Å². The summed E-state index contributed by atoms with van der Waals surface area (Å²) in [6.45, 7) is 5.39. The molecule has 4 atom stereocenters. The molecule has 0 amide bonds. The standard InChI is InChI=1S/C24H29FN3O10P/c1-5-9-19(29)21(31)24(25,35-15-28-13-12-20(30)26-23(28)33)14-36-39(34,38-18-10-7-6-8-11-18)27-17(4)22(32)37-16(2)3/h6-8,10-13,16-17,21,29,31H,1,14-15H2,2-4H3,(H,27,34)(H,26,30,33)/t17?,21-,24+,39?/m0/s1. The van der Waals surface area contributed by atoms with Gasteiger partial charge in [0.1, 0.15) is 25.1 Å². The topological polar surface area (TPSA) is 178 Å². The fraction of sp³-hybridized carbons (Fsp3) is 0.375. The average Bonchev–Trinajstić information content (AvgIpc) is 2.87. The number of hydrogen-bond acceptors (Lipinski definition) is 10. The number of nitrogens with zero attached hydrogens (tertiary/aromatic N) is 1. The average molecular weight is 569 g/mol. The lowest BCUT2D eigenvalue weighted by Crippen LogP contribution is -2.47. The second-order valence-electron chi connectivity index (χ2n) is 8.24. The maximum atomic E-state index is 16.0. The van der Waals surface area contributed by atoms with Crippen LogP contribution < -0.4 is 20.9 Å². The molecule has 0 radical (unpaired) electrons. The summed E-state index contributed by atoms with van der Waals surface area (Å²) in [4.78, 5) is 37.5. The van der Waals surface area contributed by atoms with Gasteiger partial charge in [-0.15, -0.1) is 0 Å². The molecule has 0 saturated carbocycles. The molecule has 212 valence electrons. The number of esters is 1. The van der Waals surface area contributed by atoms with Crippen LogP contribution in [0.1, 0.15) is 20.8 Å². The van der Waals surface area contributed by atoms with Crippen LogP contribution in [0.15, 0.2) is 76.0 Å². The van der Waals surface area contributed by atoms with Gasteiger partial charge >= 0.3 is 19.4 Å². The molecule has 4 N–H and O–H groups in total. The lowest BCUT2D eigenvalue weighted by molar-refractivity contribution is -0.236. The van der Waals surface area contributed by atoms with Crippen molar-refractivity contribution in [1.82, 2.24) is 14.6 Å². The predicted molar refractivity (Wildman–Crippen MR) is 136 cm³/mol. The summed E-state index contributed by atoms with van der Waals surface area (Å²) < 4.78 is 51.2. The molecular formula is C24H29FN3O10P. The number of H-pyrrole nitrogens is 1. The van der Waals surface area contributed by atoms with E-state index in [4.69, 9.17) is 18.5 Å². The summed E-state index contributed by atoms with van der Waals surface area (Å²) in [5.74, 6) is -5.32. The number of nitrogens with one attached hydrogen (secondary N) is 2. The third-order valence-electron chi connectivity index (χ3n) is 4.68. The van der Waals surface area contributed by atoms with Crippen molar-refractivity contribution in [2.24, 2.45) is 0 Å². The van der Waals surface area contributed by atoms with E-state index in [2.05, 4.69) is 11.7 Å². The van der Waals surface area contributed by atoms with Gasteiger partial charge in [0, 0.05) is 12.3 Å². The molecule has 15 heteroatoms. The first kappa shape index (κ1) is 31.5. The SMILES string of the molecule is C=C=C=C(O)[C@H](O)[C@@](F)(COP(=O)(NC(C)C(=O)OC(C)C)Oc1ccccc1)OCn1ccc(=O)[nH]c1=O. The van der Waals surface area contributed by atoms with Crippen molar-refractivity contribution in [2.75, 3.05) is 6.61 Å². The molecule has 0 aliphatic rings. The van der Waals surface area contributed by atoms with Crippen LogP contribution in [0.3, 0.4) is 0 Å². The first-order valence-corrected chi connectivity index (χ1v) is 12.9. The highest BCUT2D eigenvalue weighted by Crippen LogP contribution is 2.46. The number of aromatic amines is 1. The fourth-order valence-electron chi connectivity index (χ4n) is 2.79. The summed E-state index contributed by atoms with van der Waals surface area (Å²) in [5.41, 5.74) is 2.29. The Bertz CT molecular complexity index is 1380. The van der Waals surface area contributed by atoms with Crippen molar-refractivity contribution in [3.63, 3.8) is 0 Å². The first-order chi connectivity index (χ1) is 18.3. The van der Waals surface area contributed by atoms with Crippen LogP contribution in [-0.4, -0.2) is 56.4 Å². The van der Waals surface area contributed by atoms with E-state index in [9.17, 15) is 29.2 Å². The number of carbonyl (C=O) groups is 1. The summed E-state index contributed by atoms with van der Waals surface area (Å²) in [5, 5.41) is 22.8. The number of rotatable bonds is 14. The Hall–Kier alpha value is -3.73. The molecule has 0 spiro atoms. The molecule has 2 aromatic rings. The monoisotopic (exact) mass is 569 g/mol. The number of carbonyl (C=O) groups excluding carboxylic acids is 1. The van der Waals surface area contributed by atoms with Gasteiger partial charge in [0.25, 0.3) is 11.4 Å². The number of hydrogen-bond donors (Lipinski definition) is 4. The minimum absolute atomic E-state index is 0.0146. The molecular weight excluding hydrogens is 540 g/mol. The summed E-state index contributed by atoms with van der Waals surface area (Å²) in [6.07, 6.45) is -2.02. The molecule has 0 saturated heterocycles. The lowest BCUT2D eigenvalue weighted by atomic mass is 10.1. The summed E-state index contributed by atoms with van der Waals surface area (Å²) in [7, 11) is -4.63. The Kier molecular flexibility index (Phi) is 11.2. The van der Waals surface area contributed by atoms with Crippen LogP contribution >= 0.6 is 7.75 Å². The minimum Gasteiger partial charge on any atom is -0.502 e. The van der Waals surface area contributed by atoms with E-state index in [0.29, 0.717) is 0 Å². The number of aliphatic hydroxyl groups excluding tert-OH is 2. The van der Waals surface area contributed by atoms with E-state index in [-0.39, 0.29) is 5.75 Å². The minimum atomic E-state index is -4.63. The second-order valence-corrected chi connectivity index (χ2v) is 9.93. The van der Waals surface area contributed by atoms with E-state index in [1.165, 1.54) is 19.1 Å². The number of para-hydroxylation sites is 1. The van der Waals surface area contributed by atoms with Crippen LogP contribution in [0, 0.1) is 0 Å². The van der Waals surface area contributed by atoms with E-state index < -0.39 is 68.2 Å². The summed E-state index contributed by atoms with van der Waals surface area (Å²) >= 11 is 0. The molecule has 2 rings (SSSR count). The van der Waals surface area contributed by atoms with Gasteiger partial charge in [-0.25, -0.2) is 13.8 Å². The van der Waals surface area contributed by atoms with Crippen molar-refractivity contribution in [3.8, 4) is 5.75 Å². The van der Waals surface area contributed by atoms with Crippen LogP contribution in [0.25, 0.3) is 0 Å². The number of halogens is 1. The van der Waals surface area contributed by atoms with Gasteiger partial charge in [0.15, 0.2) is 11.9 Å². The Morgan fingerprint density at radius 1 is 1.26 bits per heavy atom. The third kappa shape index (κ3) is 9.51. The third-order valence-corrected chi connectivity index (χ3v) is 6.31. The quantitative estimate of drug-likeness (QED) is 0.113. The smallest absolute Gasteiger partial charge is 0.459 e. The zero-order chi connectivity index (χ0) is 29.2. The van der Waals surface area contributed by atoms with Gasteiger partial charge < -0.3 is 24.2 Å². The van der Waals surface area contributed by atoms with E-state index in [0.717, 1.165) is 16.8 Å². The molecule has 13 nitrogen and oxygen atoms in total. The lowest BCUT2D eigenvalue weighted by Gasteiger charge is -2.31. The van der Waals surface area contributed by atoms with Crippen molar-refractivity contribution >= 4 is 13.7 Å². The van der Waals surface area contributed by atoms with E-state index >= 15 is 4.39 Å². The molecule has 1 aromatic heterocycles. The zero-order valence-electron chi connectivity index (χ0n) is 21.3. The van der Waals surface area contributed by atoms with Gasteiger partial charge in [0.2, 0.25) is 0 Å². The summed E-state index contributed by atoms with van der Waals surface area (Å²) in [6, 6.07) is 7.26. The molecule has 2 unspecified atom stereocenters. The highest BCUT2D eigenvalue weighted by molar-refractivity contribution is 7.52. The molecule has 1 heterocycles. The Labute approximate surface area is 222 Å². The normalized spacial score (nSPS) is 15.6. The molecule has 39 heavy (non-hydrogen) atoms. The maximum absolute atomic E-state index is 16.0. The Morgan fingerprint density at radius 2 is 1.92 bits per heavy atom. The van der Waals surface area contributed by atoms with Crippen molar-refractivity contribution < 1.29 is 42.5 Å². The number of aliphatic hydroxyl groups is 2. The zero-order valence-corrected chi connectivity index (χ0v) is 22.2. The van der Waals surface area contributed by atoms with Crippen molar-refractivity contribution in [2.45, 2.75) is 51.6 Å². The van der Waals surface area contributed by atoms with Crippen LogP contribution in [0.4, 0.5) is 4.39 Å². The van der Waals surface area contributed by atoms with Gasteiger partial charge in [-0.1, -0.05) is 23.9 Å².